The summed E-state index contributed by atoms with van der Waals surface area (Å²) < 4.78 is 7.76. The summed E-state index contributed by atoms with van der Waals surface area (Å²) in [5, 5.41) is 0. The molecule has 3 aliphatic heterocycles. The van der Waals surface area contributed by atoms with Crippen molar-refractivity contribution >= 4 is 33.6 Å². The van der Waals surface area contributed by atoms with Gasteiger partial charge in [-0.1, -0.05) is 64.5 Å². The molecule has 35 heavy (non-hydrogen) atoms. The van der Waals surface area contributed by atoms with Gasteiger partial charge in [0.25, 0.3) is 0 Å². The Bertz CT molecular complexity index is 1000. The second kappa shape index (κ2) is 11.0. The van der Waals surface area contributed by atoms with Crippen molar-refractivity contribution < 1.29 is 9.53 Å². The molecule has 2 aromatic rings. The molecule has 4 nitrogen and oxygen atoms in total. The number of piperidine rings is 1. The van der Waals surface area contributed by atoms with Crippen molar-refractivity contribution in [1.29, 1.82) is 0 Å². The largest absolute Gasteiger partial charge is 0.365 e. The molecule has 0 saturated carbocycles. The first-order chi connectivity index (χ1) is 16.9. The maximum absolute atomic E-state index is 12.5. The molecule has 0 spiro atoms. The highest BCUT2D eigenvalue weighted by molar-refractivity contribution is 9.10. The van der Waals surface area contributed by atoms with E-state index in [2.05, 4.69) is 75.4 Å². The number of nitrogens with zero attached hydrogens (tertiary/aromatic N) is 2. The van der Waals surface area contributed by atoms with Gasteiger partial charge in [0.1, 0.15) is 6.10 Å². The van der Waals surface area contributed by atoms with Crippen molar-refractivity contribution in [3.63, 3.8) is 0 Å². The second-order valence-electron chi connectivity index (χ2n) is 10.7. The van der Waals surface area contributed by atoms with E-state index in [4.69, 9.17) is 4.74 Å². The van der Waals surface area contributed by atoms with Crippen LogP contribution in [-0.4, -0.2) is 57.6 Å². The normalized spacial score (nSPS) is 26.9. The maximum atomic E-state index is 12.5. The summed E-state index contributed by atoms with van der Waals surface area (Å²) >= 11 is 5.52. The minimum Gasteiger partial charge on any atom is -0.365 e. The van der Waals surface area contributed by atoms with E-state index in [1.54, 1.807) is 11.8 Å². The van der Waals surface area contributed by atoms with Gasteiger partial charge in [-0.05, 0) is 76.1 Å². The van der Waals surface area contributed by atoms with Crippen molar-refractivity contribution in [2.24, 2.45) is 0 Å². The van der Waals surface area contributed by atoms with E-state index in [-0.39, 0.29) is 17.0 Å². The van der Waals surface area contributed by atoms with E-state index in [9.17, 15) is 4.79 Å². The highest BCUT2D eigenvalue weighted by Crippen LogP contribution is 2.41. The average molecular weight is 558 g/mol. The second-order valence-corrected chi connectivity index (χ2v) is 13.1. The van der Waals surface area contributed by atoms with Crippen molar-refractivity contribution in [2.75, 3.05) is 19.0 Å². The van der Waals surface area contributed by atoms with Crippen LogP contribution >= 0.6 is 27.7 Å². The fraction of sp³-hybridized carbons (Fsp3) is 0.552. The summed E-state index contributed by atoms with van der Waals surface area (Å²) in [4.78, 5) is 17.3. The lowest BCUT2D eigenvalue weighted by molar-refractivity contribution is -0.130. The Labute approximate surface area is 222 Å². The number of rotatable bonds is 9. The molecule has 0 radical (unpaired) electrons. The van der Waals surface area contributed by atoms with Gasteiger partial charge in [-0.25, -0.2) is 0 Å². The SMILES string of the molecule is CC1(C)SCN(CCCCN2C3CCC2CC(OC(c2ccccc2)c2ccccc2Br)C3)C1=O. The standard InChI is InChI=1S/C29H37BrN2O2S/c1-29(2)28(33)31(20-35-29)16-8-9-17-32-22-14-15-23(32)19-24(18-22)34-27(21-10-4-3-5-11-21)25-12-6-7-13-26(25)30/h3-7,10-13,22-24,27H,8-9,14-20H2,1-2H3. The molecule has 2 aromatic carbocycles. The topological polar surface area (TPSA) is 32.8 Å². The minimum absolute atomic E-state index is 0.0529. The van der Waals surface area contributed by atoms with E-state index in [1.165, 1.54) is 24.0 Å². The first-order valence-electron chi connectivity index (χ1n) is 13.1. The first-order valence-corrected chi connectivity index (χ1v) is 14.8. The van der Waals surface area contributed by atoms with Crippen molar-refractivity contribution in [2.45, 2.75) is 81.4 Å². The number of hydrogen-bond acceptors (Lipinski definition) is 4. The predicted molar refractivity (Wildman–Crippen MR) is 148 cm³/mol. The van der Waals surface area contributed by atoms with Gasteiger partial charge >= 0.3 is 0 Å². The lowest BCUT2D eigenvalue weighted by atomic mass is 9.97. The summed E-state index contributed by atoms with van der Waals surface area (Å²) in [6, 6.07) is 20.3. The van der Waals surface area contributed by atoms with E-state index >= 15 is 0 Å². The minimum atomic E-state index is -0.242. The lowest BCUT2D eigenvalue weighted by Crippen LogP contribution is -2.46. The van der Waals surface area contributed by atoms with Crippen LogP contribution in [-0.2, 0) is 9.53 Å². The summed E-state index contributed by atoms with van der Waals surface area (Å²) in [6.07, 6.45) is 7.27. The molecule has 2 bridgehead atoms. The maximum Gasteiger partial charge on any atom is 0.238 e. The quantitative estimate of drug-likeness (QED) is 0.324. The van der Waals surface area contributed by atoms with Crippen LogP contribution in [0.25, 0.3) is 0 Å². The monoisotopic (exact) mass is 556 g/mol. The molecular weight excluding hydrogens is 520 g/mol. The third-order valence-electron chi connectivity index (χ3n) is 7.94. The van der Waals surface area contributed by atoms with Crippen LogP contribution in [0.4, 0.5) is 0 Å². The average Bonchev–Trinajstić information content (AvgIpc) is 3.25. The molecule has 3 aliphatic rings. The van der Waals surface area contributed by atoms with Gasteiger partial charge in [0.2, 0.25) is 5.91 Å². The van der Waals surface area contributed by atoms with Crippen molar-refractivity contribution in [3.05, 3.63) is 70.2 Å². The molecule has 0 N–H and O–H groups in total. The van der Waals surface area contributed by atoms with Crippen LogP contribution in [0.3, 0.4) is 0 Å². The van der Waals surface area contributed by atoms with Gasteiger partial charge in [-0.15, -0.1) is 11.8 Å². The molecule has 0 aromatic heterocycles. The van der Waals surface area contributed by atoms with Crippen LogP contribution in [0.5, 0.6) is 0 Å². The third-order valence-corrected chi connectivity index (χ3v) is 10.00. The van der Waals surface area contributed by atoms with Crippen LogP contribution in [0, 0.1) is 0 Å². The molecule has 3 unspecified atom stereocenters. The number of carbonyl (C=O) groups excluding carboxylic acids is 1. The van der Waals surface area contributed by atoms with Crippen LogP contribution in [0.1, 0.15) is 69.6 Å². The fourth-order valence-electron chi connectivity index (χ4n) is 6.04. The summed E-state index contributed by atoms with van der Waals surface area (Å²) in [7, 11) is 0. The van der Waals surface area contributed by atoms with Gasteiger partial charge in [-0.2, -0.15) is 0 Å². The van der Waals surface area contributed by atoms with Gasteiger partial charge in [-0.3, -0.25) is 9.69 Å². The highest BCUT2D eigenvalue weighted by Gasteiger charge is 2.42. The number of benzene rings is 2. The molecule has 188 valence electrons. The Hall–Kier alpha value is -1.34. The smallest absolute Gasteiger partial charge is 0.238 e. The molecule has 3 atom stereocenters. The number of amides is 1. The van der Waals surface area contributed by atoms with Crippen LogP contribution < -0.4 is 0 Å². The van der Waals surface area contributed by atoms with Gasteiger partial charge in [0.15, 0.2) is 0 Å². The third kappa shape index (κ3) is 5.66. The number of ether oxygens (including phenoxy) is 1. The number of halogens is 1. The van der Waals surface area contributed by atoms with E-state index in [0.29, 0.717) is 18.0 Å². The lowest BCUT2D eigenvalue weighted by Gasteiger charge is -2.40. The van der Waals surface area contributed by atoms with Crippen molar-refractivity contribution in [1.82, 2.24) is 9.80 Å². The number of carbonyl (C=O) groups is 1. The Morgan fingerprint density at radius 2 is 1.66 bits per heavy atom. The summed E-state index contributed by atoms with van der Waals surface area (Å²) in [6.45, 7) is 6.13. The Morgan fingerprint density at radius 1 is 1.00 bits per heavy atom. The van der Waals surface area contributed by atoms with E-state index in [1.807, 2.05) is 18.7 Å². The number of thioether (sulfide) groups is 1. The molecule has 6 heteroatoms. The Balaban J connectivity index is 1.17. The predicted octanol–water partition coefficient (Wildman–Crippen LogP) is 6.64. The van der Waals surface area contributed by atoms with Crippen LogP contribution in [0.15, 0.2) is 59.1 Å². The Kier molecular flexibility index (Phi) is 7.93. The molecule has 0 aliphatic carbocycles. The molecule has 3 saturated heterocycles. The van der Waals surface area contributed by atoms with Crippen LogP contribution in [0.2, 0.25) is 0 Å². The zero-order chi connectivity index (χ0) is 24.4. The van der Waals surface area contributed by atoms with Gasteiger partial charge in [0, 0.05) is 23.1 Å². The van der Waals surface area contributed by atoms with Crippen molar-refractivity contribution in [3.8, 4) is 0 Å². The fourth-order valence-corrected chi connectivity index (χ4v) is 7.51. The number of hydrogen-bond donors (Lipinski definition) is 0. The molecule has 1 amide bonds. The summed E-state index contributed by atoms with van der Waals surface area (Å²) in [5.74, 6) is 1.15. The number of fused-ring (bicyclic) bond motifs is 2. The zero-order valence-corrected chi connectivity index (χ0v) is 23.3. The first kappa shape index (κ1) is 25.3. The summed E-state index contributed by atoms with van der Waals surface area (Å²) in [5.41, 5.74) is 2.42. The molecular formula is C29H37BrN2O2S. The molecule has 3 fully saturated rings. The molecule has 3 heterocycles. The van der Waals surface area contributed by atoms with E-state index in [0.717, 1.165) is 49.1 Å². The van der Waals surface area contributed by atoms with E-state index < -0.39 is 0 Å². The van der Waals surface area contributed by atoms with Gasteiger partial charge < -0.3 is 9.64 Å². The highest BCUT2D eigenvalue weighted by atomic mass is 79.9. The zero-order valence-electron chi connectivity index (χ0n) is 20.9. The number of unbranched alkanes of at least 4 members (excludes halogenated alkanes) is 1. The Morgan fingerprint density at radius 3 is 2.31 bits per heavy atom. The van der Waals surface area contributed by atoms with Gasteiger partial charge in [0.05, 0.1) is 16.7 Å². The molecule has 5 rings (SSSR count).